The van der Waals surface area contributed by atoms with Gasteiger partial charge in [-0.25, -0.2) is 4.98 Å². The monoisotopic (exact) mass is 396 g/mol. The van der Waals surface area contributed by atoms with Gasteiger partial charge in [-0.3, -0.25) is 4.79 Å². The minimum absolute atomic E-state index is 0.112. The second-order valence-electron chi connectivity index (χ2n) is 6.22. The lowest BCUT2D eigenvalue weighted by molar-refractivity contribution is -0.117. The fraction of sp³-hybridized carbons (Fsp3) is 0.400. The van der Waals surface area contributed by atoms with Crippen LogP contribution in [0.25, 0.3) is 0 Å². The van der Waals surface area contributed by atoms with E-state index in [-0.39, 0.29) is 22.6 Å². The van der Waals surface area contributed by atoms with Gasteiger partial charge < -0.3 is 5.32 Å². The summed E-state index contributed by atoms with van der Waals surface area (Å²) in [5.74, 6) is -0.152. The van der Waals surface area contributed by atoms with E-state index in [9.17, 15) is 18.0 Å². The topological polar surface area (TPSA) is 42.0 Å². The average Bonchev–Trinajstić information content (AvgIpc) is 2.62. The highest BCUT2D eigenvalue weighted by Crippen LogP contribution is 2.37. The maximum atomic E-state index is 12.8. The largest absolute Gasteiger partial charge is 0.446 e. The molecule has 1 unspecified atom stereocenters. The normalized spacial score (nSPS) is 12.6. The summed E-state index contributed by atoms with van der Waals surface area (Å²) >= 11 is -0.154. The van der Waals surface area contributed by atoms with E-state index < -0.39 is 11.4 Å². The number of amides is 1. The van der Waals surface area contributed by atoms with Gasteiger partial charge in [-0.2, -0.15) is 13.2 Å². The van der Waals surface area contributed by atoms with Crippen molar-refractivity contribution in [2.24, 2.45) is 0 Å². The Bertz CT molecular complexity index is 705. The molecule has 1 aromatic heterocycles. The zero-order chi connectivity index (χ0) is 19.7. The molecule has 0 saturated heterocycles. The molecule has 146 valence electrons. The Morgan fingerprint density at radius 1 is 1.11 bits per heavy atom. The van der Waals surface area contributed by atoms with Gasteiger partial charge in [0.1, 0.15) is 5.82 Å². The first-order valence-corrected chi connectivity index (χ1v) is 9.78. The van der Waals surface area contributed by atoms with Crippen molar-refractivity contribution < 1.29 is 18.0 Å². The Balaban J connectivity index is 2.12. The molecular weight excluding hydrogens is 373 g/mol. The van der Waals surface area contributed by atoms with Crippen molar-refractivity contribution in [3.63, 3.8) is 0 Å². The minimum atomic E-state index is -4.32. The number of pyridine rings is 1. The van der Waals surface area contributed by atoms with E-state index in [1.807, 2.05) is 0 Å². The molecule has 0 fully saturated rings. The van der Waals surface area contributed by atoms with Crippen LogP contribution in [-0.2, 0) is 4.79 Å². The van der Waals surface area contributed by atoms with Crippen LogP contribution in [0.3, 0.4) is 0 Å². The third kappa shape index (κ3) is 7.62. The summed E-state index contributed by atoms with van der Waals surface area (Å²) in [4.78, 5) is 17.0. The smallest absolute Gasteiger partial charge is 0.310 e. The summed E-state index contributed by atoms with van der Waals surface area (Å²) in [6.45, 7) is 2.11. The van der Waals surface area contributed by atoms with Crippen molar-refractivity contribution in [3.05, 3.63) is 54.2 Å². The summed E-state index contributed by atoms with van der Waals surface area (Å²) < 4.78 is 37.5. The Kier molecular flexibility index (Phi) is 8.16. The second-order valence-corrected chi connectivity index (χ2v) is 7.36. The number of aromatic nitrogens is 1. The predicted octanol–water partition coefficient (Wildman–Crippen LogP) is 6.39. The third-order valence-corrected chi connectivity index (χ3v) is 4.83. The molecule has 7 heteroatoms. The predicted molar refractivity (Wildman–Crippen MR) is 103 cm³/mol. The zero-order valence-corrected chi connectivity index (χ0v) is 15.9. The minimum Gasteiger partial charge on any atom is -0.310 e. The van der Waals surface area contributed by atoms with Crippen LogP contribution in [0, 0.1) is 0 Å². The molecule has 0 aliphatic carbocycles. The van der Waals surface area contributed by atoms with Crippen molar-refractivity contribution in [3.8, 4) is 0 Å². The highest BCUT2D eigenvalue weighted by atomic mass is 32.2. The summed E-state index contributed by atoms with van der Waals surface area (Å²) in [5, 5.41) is 2.80. The maximum absolute atomic E-state index is 12.8. The second kappa shape index (κ2) is 10.3. The van der Waals surface area contributed by atoms with Crippen LogP contribution in [0.2, 0.25) is 0 Å². The molecule has 0 radical (unpaired) electrons. The standard InChI is InChI=1S/C20H23F3N2OS/c1-2-3-4-5-8-17(19(26)25-18-9-6-7-14-24-18)15-10-12-16(13-11-15)27-20(21,22)23/h6-7,9-14,17H,2-5,8H2,1H3,(H,24,25,26). The molecule has 2 rings (SSSR count). The summed E-state index contributed by atoms with van der Waals surface area (Å²) in [7, 11) is 0. The summed E-state index contributed by atoms with van der Waals surface area (Å²) in [6.07, 6.45) is 6.32. The number of rotatable bonds is 9. The number of nitrogens with zero attached hydrogens (tertiary/aromatic N) is 1. The first-order chi connectivity index (χ1) is 12.9. The molecule has 0 spiro atoms. The SMILES string of the molecule is CCCCCCC(C(=O)Nc1ccccn1)c1ccc(SC(F)(F)F)cc1. The molecule has 0 aliphatic rings. The van der Waals surface area contributed by atoms with Gasteiger partial charge in [0.2, 0.25) is 5.91 Å². The number of halogens is 3. The van der Waals surface area contributed by atoms with E-state index >= 15 is 0 Å². The number of anilines is 1. The number of carbonyl (C=O) groups excluding carboxylic acids is 1. The Labute approximate surface area is 161 Å². The Morgan fingerprint density at radius 2 is 1.85 bits per heavy atom. The van der Waals surface area contributed by atoms with Gasteiger partial charge in [-0.15, -0.1) is 0 Å². The van der Waals surface area contributed by atoms with Crippen molar-refractivity contribution in [1.82, 2.24) is 4.98 Å². The molecular formula is C20H23F3N2OS. The lowest BCUT2D eigenvalue weighted by Crippen LogP contribution is -2.21. The van der Waals surface area contributed by atoms with Crippen molar-refractivity contribution in [2.75, 3.05) is 5.32 Å². The van der Waals surface area contributed by atoms with E-state index in [0.29, 0.717) is 17.8 Å². The lowest BCUT2D eigenvalue weighted by Gasteiger charge is -2.17. The number of benzene rings is 1. The van der Waals surface area contributed by atoms with E-state index in [4.69, 9.17) is 0 Å². The van der Waals surface area contributed by atoms with Gasteiger partial charge in [-0.1, -0.05) is 50.8 Å². The lowest BCUT2D eigenvalue weighted by atomic mass is 9.92. The molecule has 0 saturated carbocycles. The number of hydrogen-bond donors (Lipinski definition) is 1. The first kappa shape index (κ1) is 21.3. The number of alkyl halides is 3. The number of thioether (sulfide) groups is 1. The quantitative estimate of drug-likeness (QED) is 0.395. The summed E-state index contributed by atoms with van der Waals surface area (Å²) in [5.41, 5.74) is -3.61. The first-order valence-electron chi connectivity index (χ1n) is 8.96. The fourth-order valence-corrected chi connectivity index (χ4v) is 3.32. The Hall–Kier alpha value is -2.02. The molecule has 1 N–H and O–H groups in total. The molecule has 2 aromatic rings. The maximum Gasteiger partial charge on any atom is 0.446 e. The van der Waals surface area contributed by atoms with Crippen LogP contribution >= 0.6 is 11.8 Å². The van der Waals surface area contributed by atoms with E-state index in [0.717, 1.165) is 25.7 Å². The highest BCUT2D eigenvalue weighted by Gasteiger charge is 2.29. The van der Waals surface area contributed by atoms with Gasteiger partial charge in [0.15, 0.2) is 0 Å². The van der Waals surface area contributed by atoms with Gasteiger partial charge in [0.25, 0.3) is 0 Å². The van der Waals surface area contributed by atoms with Crippen LogP contribution in [0.4, 0.5) is 19.0 Å². The molecule has 1 heterocycles. The van der Waals surface area contributed by atoms with Crippen LogP contribution in [-0.4, -0.2) is 16.4 Å². The Morgan fingerprint density at radius 3 is 2.44 bits per heavy atom. The van der Waals surface area contributed by atoms with E-state index in [2.05, 4.69) is 17.2 Å². The van der Waals surface area contributed by atoms with Crippen LogP contribution in [0.5, 0.6) is 0 Å². The van der Waals surface area contributed by atoms with Gasteiger partial charge in [0, 0.05) is 11.1 Å². The van der Waals surface area contributed by atoms with Crippen molar-refractivity contribution in [2.45, 2.75) is 55.3 Å². The molecule has 1 atom stereocenters. The molecule has 3 nitrogen and oxygen atoms in total. The number of hydrogen-bond acceptors (Lipinski definition) is 3. The molecule has 0 bridgehead atoms. The molecule has 27 heavy (non-hydrogen) atoms. The van der Waals surface area contributed by atoms with E-state index in [1.54, 1.807) is 36.5 Å². The summed E-state index contributed by atoms with van der Waals surface area (Å²) in [6, 6.07) is 11.3. The van der Waals surface area contributed by atoms with Gasteiger partial charge >= 0.3 is 5.51 Å². The number of unbranched alkanes of at least 4 members (excludes halogenated alkanes) is 3. The van der Waals surface area contributed by atoms with Crippen molar-refractivity contribution >= 4 is 23.5 Å². The number of carbonyl (C=O) groups is 1. The van der Waals surface area contributed by atoms with E-state index in [1.165, 1.54) is 12.1 Å². The number of nitrogens with one attached hydrogen (secondary N) is 1. The molecule has 1 amide bonds. The van der Waals surface area contributed by atoms with Gasteiger partial charge in [-0.05, 0) is 48.0 Å². The van der Waals surface area contributed by atoms with Gasteiger partial charge in [0.05, 0.1) is 5.92 Å². The van der Waals surface area contributed by atoms with Crippen LogP contribution in [0.15, 0.2) is 53.6 Å². The molecule has 0 aliphatic heterocycles. The molecule has 1 aromatic carbocycles. The highest BCUT2D eigenvalue weighted by molar-refractivity contribution is 8.00. The van der Waals surface area contributed by atoms with Crippen molar-refractivity contribution in [1.29, 1.82) is 0 Å². The average molecular weight is 396 g/mol. The third-order valence-electron chi connectivity index (χ3n) is 4.10. The van der Waals surface area contributed by atoms with Crippen LogP contribution < -0.4 is 5.32 Å². The zero-order valence-electron chi connectivity index (χ0n) is 15.1. The van der Waals surface area contributed by atoms with Crippen LogP contribution in [0.1, 0.15) is 50.5 Å². The fourth-order valence-electron chi connectivity index (χ4n) is 2.78.